The molecule has 0 heterocycles. The second-order valence-electron chi connectivity index (χ2n) is 3.30. The zero-order valence-corrected chi connectivity index (χ0v) is 10.3. The summed E-state index contributed by atoms with van der Waals surface area (Å²) in [5.74, 6) is 2.30. The van der Waals surface area contributed by atoms with Gasteiger partial charge in [-0.15, -0.1) is 6.42 Å². The zero-order valence-electron chi connectivity index (χ0n) is 8.67. The molecule has 1 rings (SSSR count). The molecule has 0 bridgehead atoms. The number of nitrogens with one attached hydrogen (secondary N) is 1. The van der Waals surface area contributed by atoms with Crippen LogP contribution in [0.15, 0.2) is 22.7 Å². The van der Waals surface area contributed by atoms with Gasteiger partial charge < -0.3 is 5.32 Å². The van der Waals surface area contributed by atoms with Crippen molar-refractivity contribution in [3.05, 3.63) is 33.8 Å². The Hall–Kier alpha value is -1.27. The van der Waals surface area contributed by atoms with Crippen molar-refractivity contribution in [3.8, 4) is 12.3 Å². The van der Waals surface area contributed by atoms with Gasteiger partial charge in [0.15, 0.2) is 0 Å². The summed E-state index contributed by atoms with van der Waals surface area (Å²) in [6.07, 6.45) is 5.19. The van der Waals surface area contributed by atoms with E-state index in [1.807, 2.05) is 19.1 Å². The van der Waals surface area contributed by atoms with Crippen LogP contribution in [0.3, 0.4) is 0 Å². The SMILES string of the molecule is C#CC(C)NC(=O)c1cccc(C)c1Br. The Labute approximate surface area is 98.2 Å². The zero-order chi connectivity index (χ0) is 11.4. The first kappa shape index (κ1) is 11.8. The maximum absolute atomic E-state index is 11.8. The summed E-state index contributed by atoms with van der Waals surface area (Å²) in [6.45, 7) is 3.70. The normalized spacial score (nSPS) is 11.6. The number of terminal acetylenes is 1. The summed E-state index contributed by atoms with van der Waals surface area (Å²) in [5, 5.41) is 2.71. The van der Waals surface area contributed by atoms with Crippen LogP contribution < -0.4 is 5.32 Å². The van der Waals surface area contributed by atoms with Crippen LogP contribution in [0, 0.1) is 19.3 Å². The van der Waals surface area contributed by atoms with Gasteiger partial charge in [-0.25, -0.2) is 0 Å². The van der Waals surface area contributed by atoms with Gasteiger partial charge in [-0.1, -0.05) is 18.1 Å². The second-order valence-corrected chi connectivity index (χ2v) is 4.09. The van der Waals surface area contributed by atoms with Crippen LogP contribution in [-0.4, -0.2) is 11.9 Å². The molecule has 15 heavy (non-hydrogen) atoms. The highest BCUT2D eigenvalue weighted by Gasteiger charge is 2.12. The lowest BCUT2D eigenvalue weighted by Gasteiger charge is -2.10. The van der Waals surface area contributed by atoms with Gasteiger partial charge in [-0.05, 0) is 41.4 Å². The van der Waals surface area contributed by atoms with E-state index >= 15 is 0 Å². The van der Waals surface area contributed by atoms with Crippen molar-refractivity contribution in [1.29, 1.82) is 0 Å². The minimum Gasteiger partial charge on any atom is -0.339 e. The number of amides is 1. The number of rotatable bonds is 2. The molecule has 3 heteroatoms. The molecular formula is C12H12BrNO. The number of benzene rings is 1. The van der Waals surface area contributed by atoms with Crippen molar-refractivity contribution in [2.24, 2.45) is 0 Å². The third-order valence-electron chi connectivity index (χ3n) is 2.03. The van der Waals surface area contributed by atoms with E-state index in [0.717, 1.165) is 10.0 Å². The van der Waals surface area contributed by atoms with Crippen molar-refractivity contribution in [1.82, 2.24) is 5.32 Å². The minimum absolute atomic E-state index is 0.156. The first-order valence-corrected chi connectivity index (χ1v) is 5.37. The molecule has 0 saturated carbocycles. The Morgan fingerprint density at radius 2 is 2.27 bits per heavy atom. The summed E-state index contributed by atoms with van der Waals surface area (Å²) in [4.78, 5) is 11.8. The molecule has 0 saturated heterocycles. The number of hydrogen-bond acceptors (Lipinski definition) is 1. The second kappa shape index (κ2) is 4.99. The lowest BCUT2D eigenvalue weighted by atomic mass is 10.1. The first-order valence-electron chi connectivity index (χ1n) is 4.58. The molecule has 0 aromatic heterocycles. The van der Waals surface area contributed by atoms with Gasteiger partial charge in [0.25, 0.3) is 5.91 Å². The Morgan fingerprint density at radius 3 is 2.87 bits per heavy atom. The molecule has 0 spiro atoms. The average Bonchev–Trinajstić information content (AvgIpc) is 2.21. The molecule has 1 N–H and O–H groups in total. The van der Waals surface area contributed by atoms with Crippen molar-refractivity contribution in [2.45, 2.75) is 19.9 Å². The van der Waals surface area contributed by atoms with Gasteiger partial charge in [-0.2, -0.15) is 0 Å². The average molecular weight is 266 g/mol. The summed E-state index contributed by atoms with van der Waals surface area (Å²) in [5.41, 5.74) is 1.63. The molecule has 0 fully saturated rings. The third-order valence-corrected chi connectivity index (χ3v) is 3.09. The molecule has 0 aliphatic rings. The van der Waals surface area contributed by atoms with Crippen LogP contribution in [0.2, 0.25) is 0 Å². The van der Waals surface area contributed by atoms with Gasteiger partial charge in [-0.3, -0.25) is 4.79 Å². The maximum Gasteiger partial charge on any atom is 0.253 e. The Morgan fingerprint density at radius 1 is 1.60 bits per heavy atom. The molecular weight excluding hydrogens is 254 g/mol. The number of halogens is 1. The van der Waals surface area contributed by atoms with Crippen LogP contribution in [0.25, 0.3) is 0 Å². The molecule has 1 unspecified atom stereocenters. The topological polar surface area (TPSA) is 29.1 Å². The maximum atomic E-state index is 11.8. The molecule has 78 valence electrons. The van der Waals surface area contributed by atoms with E-state index in [1.165, 1.54) is 0 Å². The summed E-state index contributed by atoms with van der Waals surface area (Å²) < 4.78 is 0.812. The molecule has 0 aliphatic carbocycles. The van der Waals surface area contributed by atoms with E-state index in [9.17, 15) is 4.79 Å². The quantitative estimate of drug-likeness (QED) is 0.819. The predicted octanol–water partition coefficient (Wildman–Crippen LogP) is 2.51. The van der Waals surface area contributed by atoms with Crippen molar-refractivity contribution < 1.29 is 4.79 Å². The molecule has 1 aromatic rings. The van der Waals surface area contributed by atoms with Crippen molar-refractivity contribution >= 4 is 21.8 Å². The van der Waals surface area contributed by atoms with Crippen LogP contribution >= 0.6 is 15.9 Å². The molecule has 1 amide bonds. The highest BCUT2D eigenvalue weighted by molar-refractivity contribution is 9.10. The van der Waals surface area contributed by atoms with Gasteiger partial charge in [0.1, 0.15) is 0 Å². The van der Waals surface area contributed by atoms with E-state index in [4.69, 9.17) is 6.42 Å². The minimum atomic E-state index is -0.259. The fourth-order valence-corrected chi connectivity index (χ4v) is 1.58. The molecule has 0 aliphatic heterocycles. The van der Waals surface area contributed by atoms with Gasteiger partial charge in [0.2, 0.25) is 0 Å². The molecule has 1 aromatic carbocycles. The Kier molecular flexibility index (Phi) is 3.93. The third kappa shape index (κ3) is 2.84. The van der Waals surface area contributed by atoms with Crippen molar-refractivity contribution in [2.75, 3.05) is 0 Å². The van der Waals surface area contributed by atoms with Crippen molar-refractivity contribution in [3.63, 3.8) is 0 Å². The van der Waals surface area contributed by atoms with Gasteiger partial charge in [0, 0.05) is 4.47 Å². The van der Waals surface area contributed by atoms with E-state index in [2.05, 4.69) is 27.2 Å². The van der Waals surface area contributed by atoms with Crippen LogP contribution in [0.4, 0.5) is 0 Å². The number of carbonyl (C=O) groups is 1. The number of aryl methyl sites for hydroxylation is 1. The fraction of sp³-hybridized carbons (Fsp3) is 0.250. The van der Waals surface area contributed by atoms with E-state index < -0.39 is 0 Å². The van der Waals surface area contributed by atoms with E-state index in [-0.39, 0.29) is 11.9 Å². The standard InChI is InChI=1S/C12H12BrNO/c1-4-9(3)14-12(15)10-7-5-6-8(2)11(10)13/h1,5-7,9H,2-3H3,(H,14,15). The molecule has 2 nitrogen and oxygen atoms in total. The van der Waals surface area contributed by atoms with Crippen LogP contribution in [-0.2, 0) is 0 Å². The van der Waals surface area contributed by atoms with Gasteiger partial charge >= 0.3 is 0 Å². The summed E-state index contributed by atoms with van der Waals surface area (Å²) in [6, 6.07) is 5.28. The summed E-state index contributed by atoms with van der Waals surface area (Å²) >= 11 is 3.38. The smallest absolute Gasteiger partial charge is 0.253 e. The molecule has 0 radical (unpaired) electrons. The lowest BCUT2D eigenvalue weighted by Crippen LogP contribution is -2.31. The number of hydrogen-bond donors (Lipinski definition) is 1. The molecule has 1 atom stereocenters. The lowest BCUT2D eigenvalue weighted by molar-refractivity contribution is 0.0947. The van der Waals surface area contributed by atoms with Crippen LogP contribution in [0.1, 0.15) is 22.8 Å². The van der Waals surface area contributed by atoms with E-state index in [1.54, 1.807) is 13.0 Å². The highest BCUT2D eigenvalue weighted by atomic mass is 79.9. The fourth-order valence-electron chi connectivity index (χ4n) is 1.14. The number of carbonyl (C=O) groups excluding carboxylic acids is 1. The largest absolute Gasteiger partial charge is 0.339 e. The van der Waals surface area contributed by atoms with Crippen LogP contribution in [0.5, 0.6) is 0 Å². The highest BCUT2D eigenvalue weighted by Crippen LogP contribution is 2.20. The Bertz CT molecular complexity index is 420. The monoisotopic (exact) mass is 265 g/mol. The Balaban J connectivity index is 2.93. The van der Waals surface area contributed by atoms with Gasteiger partial charge in [0.05, 0.1) is 11.6 Å². The first-order chi connectivity index (χ1) is 7.06. The van der Waals surface area contributed by atoms with E-state index in [0.29, 0.717) is 5.56 Å². The predicted molar refractivity (Wildman–Crippen MR) is 64.6 cm³/mol. The summed E-state index contributed by atoms with van der Waals surface area (Å²) in [7, 11) is 0.